The number of allylic oxidation sites excluding steroid dienone is 3. The number of rotatable bonds is 4. The van der Waals surface area contributed by atoms with Gasteiger partial charge in [-0.25, -0.2) is 0 Å². The highest BCUT2D eigenvalue weighted by Crippen LogP contribution is 2.61. The third-order valence-electron chi connectivity index (χ3n) is 5.28. The van der Waals surface area contributed by atoms with Gasteiger partial charge in [-0.15, -0.1) is 6.58 Å². The molecule has 0 amide bonds. The molecule has 1 aromatic carbocycles. The highest BCUT2D eigenvalue weighted by atomic mass is 14.5. The van der Waals surface area contributed by atoms with E-state index in [0.29, 0.717) is 11.3 Å². The Bertz CT molecular complexity index is 524. The van der Waals surface area contributed by atoms with Gasteiger partial charge in [-0.2, -0.15) is 0 Å². The van der Waals surface area contributed by atoms with Gasteiger partial charge in [0.2, 0.25) is 0 Å². The van der Waals surface area contributed by atoms with E-state index in [9.17, 15) is 0 Å². The summed E-state index contributed by atoms with van der Waals surface area (Å²) >= 11 is 0. The number of benzene rings is 1. The Morgan fingerprint density at radius 3 is 2.40 bits per heavy atom. The second-order valence-corrected chi connectivity index (χ2v) is 6.89. The van der Waals surface area contributed by atoms with E-state index in [4.69, 9.17) is 0 Å². The molecule has 1 atom stereocenters. The first-order valence-corrected chi connectivity index (χ1v) is 8.08. The molecule has 1 aromatic rings. The monoisotopic (exact) mass is 266 g/mol. The zero-order valence-corrected chi connectivity index (χ0v) is 12.9. The molecule has 1 saturated carbocycles. The maximum Gasteiger partial charge on any atom is 0.0100 e. The van der Waals surface area contributed by atoms with Gasteiger partial charge in [-0.05, 0) is 42.7 Å². The predicted molar refractivity (Wildman–Crippen MR) is 87.6 cm³/mol. The van der Waals surface area contributed by atoms with Gasteiger partial charge in [-0.1, -0.05) is 67.7 Å². The van der Waals surface area contributed by atoms with Crippen LogP contribution in [0.15, 0.2) is 42.5 Å². The standard InChI is InChI=1S/C20H26/c1-4-8-17-18(16-11-9-15(2)10-12-16)19(17)20(3)13-6-5-7-14-20/h4,9-12,17H,1,5-8,13-14H2,2-3H3. The van der Waals surface area contributed by atoms with Crippen LogP contribution in [0.25, 0.3) is 5.57 Å². The summed E-state index contributed by atoms with van der Waals surface area (Å²) in [6.07, 6.45) is 10.2. The molecule has 0 aromatic heterocycles. The molecule has 0 spiro atoms. The minimum atomic E-state index is 0.464. The van der Waals surface area contributed by atoms with Crippen LogP contribution < -0.4 is 0 Å². The molecule has 2 aliphatic carbocycles. The fraction of sp³-hybridized carbons (Fsp3) is 0.500. The minimum absolute atomic E-state index is 0.464. The highest BCUT2D eigenvalue weighted by molar-refractivity contribution is 5.87. The average Bonchev–Trinajstić information content (AvgIpc) is 3.16. The van der Waals surface area contributed by atoms with Crippen molar-refractivity contribution in [1.29, 1.82) is 0 Å². The van der Waals surface area contributed by atoms with Gasteiger partial charge in [-0.3, -0.25) is 0 Å². The Morgan fingerprint density at radius 2 is 1.80 bits per heavy atom. The Hall–Kier alpha value is -1.30. The first-order valence-electron chi connectivity index (χ1n) is 8.08. The minimum Gasteiger partial charge on any atom is -0.103 e. The largest absolute Gasteiger partial charge is 0.103 e. The van der Waals surface area contributed by atoms with E-state index in [2.05, 4.69) is 50.8 Å². The fourth-order valence-corrected chi connectivity index (χ4v) is 4.11. The normalized spacial score (nSPS) is 24.6. The second kappa shape index (κ2) is 5.24. The van der Waals surface area contributed by atoms with Crippen LogP contribution in [0, 0.1) is 18.3 Å². The van der Waals surface area contributed by atoms with Crippen molar-refractivity contribution in [3.8, 4) is 0 Å². The van der Waals surface area contributed by atoms with Crippen molar-refractivity contribution in [2.45, 2.75) is 52.4 Å². The SMILES string of the molecule is C=CCC1C(c2ccc(C)cc2)=C1C1(C)CCCCC1. The summed E-state index contributed by atoms with van der Waals surface area (Å²) in [5.41, 5.74) is 6.65. The Morgan fingerprint density at radius 1 is 1.15 bits per heavy atom. The maximum atomic E-state index is 3.96. The lowest BCUT2D eigenvalue weighted by Crippen LogP contribution is -2.20. The van der Waals surface area contributed by atoms with Gasteiger partial charge in [0.15, 0.2) is 0 Å². The van der Waals surface area contributed by atoms with Crippen molar-refractivity contribution in [2.24, 2.45) is 11.3 Å². The summed E-state index contributed by atoms with van der Waals surface area (Å²) in [6.45, 7) is 8.62. The Balaban J connectivity index is 1.92. The van der Waals surface area contributed by atoms with Gasteiger partial charge in [0.1, 0.15) is 0 Å². The molecule has 20 heavy (non-hydrogen) atoms. The third kappa shape index (κ3) is 2.37. The summed E-state index contributed by atoms with van der Waals surface area (Å²) in [6, 6.07) is 9.10. The summed E-state index contributed by atoms with van der Waals surface area (Å²) in [5, 5.41) is 0. The molecule has 0 N–H and O–H groups in total. The van der Waals surface area contributed by atoms with E-state index in [1.54, 1.807) is 11.1 Å². The lowest BCUT2D eigenvalue weighted by Gasteiger charge is -2.32. The van der Waals surface area contributed by atoms with E-state index in [-0.39, 0.29) is 0 Å². The Labute approximate surface area is 123 Å². The predicted octanol–water partition coefficient (Wildman–Crippen LogP) is 5.92. The number of hydrogen-bond donors (Lipinski definition) is 0. The molecule has 1 unspecified atom stereocenters. The zero-order valence-electron chi connectivity index (χ0n) is 12.9. The van der Waals surface area contributed by atoms with Gasteiger partial charge in [0, 0.05) is 5.92 Å². The van der Waals surface area contributed by atoms with E-state index < -0.39 is 0 Å². The molecule has 1 fully saturated rings. The van der Waals surface area contributed by atoms with Crippen LogP contribution in [0.3, 0.4) is 0 Å². The van der Waals surface area contributed by atoms with E-state index in [0.717, 1.165) is 6.42 Å². The average molecular weight is 266 g/mol. The molecule has 0 radical (unpaired) electrons. The lowest BCUT2D eigenvalue weighted by molar-refractivity contribution is 0.267. The van der Waals surface area contributed by atoms with E-state index >= 15 is 0 Å². The topological polar surface area (TPSA) is 0 Å². The second-order valence-electron chi connectivity index (χ2n) is 6.89. The molecular formula is C20H26. The molecule has 0 saturated heterocycles. The number of aryl methyl sites for hydroxylation is 1. The van der Waals surface area contributed by atoms with Crippen LogP contribution in [0.2, 0.25) is 0 Å². The van der Waals surface area contributed by atoms with E-state index in [1.807, 2.05) is 0 Å². The van der Waals surface area contributed by atoms with E-state index in [1.165, 1.54) is 43.2 Å². The quantitative estimate of drug-likeness (QED) is 0.593. The molecule has 0 bridgehead atoms. The molecule has 0 nitrogen and oxygen atoms in total. The van der Waals surface area contributed by atoms with Crippen molar-refractivity contribution >= 4 is 5.57 Å². The highest BCUT2D eigenvalue weighted by Gasteiger charge is 2.47. The van der Waals surface area contributed by atoms with Crippen molar-refractivity contribution < 1.29 is 0 Å². The van der Waals surface area contributed by atoms with Crippen molar-refractivity contribution in [3.05, 3.63) is 53.6 Å². The first kappa shape index (κ1) is 13.7. The smallest absolute Gasteiger partial charge is 0.0100 e. The molecule has 106 valence electrons. The lowest BCUT2D eigenvalue weighted by atomic mass is 9.72. The molecule has 3 rings (SSSR count). The maximum absolute atomic E-state index is 3.96. The molecule has 0 aliphatic heterocycles. The van der Waals surface area contributed by atoms with Crippen molar-refractivity contribution in [2.75, 3.05) is 0 Å². The molecule has 0 heteroatoms. The van der Waals surface area contributed by atoms with Crippen molar-refractivity contribution in [3.63, 3.8) is 0 Å². The fourth-order valence-electron chi connectivity index (χ4n) is 4.11. The van der Waals surface area contributed by atoms with Gasteiger partial charge >= 0.3 is 0 Å². The van der Waals surface area contributed by atoms with Crippen LogP contribution >= 0.6 is 0 Å². The Kier molecular flexibility index (Phi) is 3.58. The van der Waals surface area contributed by atoms with Crippen LogP contribution in [0.1, 0.15) is 56.6 Å². The summed E-state index contributed by atoms with van der Waals surface area (Å²) in [4.78, 5) is 0. The van der Waals surface area contributed by atoms with Gasteiger partial charge in [0.05, 0.1) is 0 Å². The summed E-state index contributed by atoms with van der Waals surface area (Å²) in [7, 11) is 0. The van der Waals surface area contributed by atoms with Crippen LogP contribution in [-0.4, -0.2) is 0 Å². The molecular weight excluding hydrogens is 240 g/mol. The zero-order chi connectivity index (χ0) is 14.2. The first-order chi connectivity index (χ1) is 9.65. The van der Waals surface area contributed by atoms with Crippen LogP contribution in [0.5, 0.6) is 0 Å². The molecule has 0 heterocycles. The molecule has 2 aliphatic rings. The van der Waals surface area contributed by atoms with Crippen LogP contribution in [-0.2, 0) is 0 Å². The third-order valence-corrected chi connectivity index (χ3v) is 5.28. The van der Waals surface area contributed by atoms with Crippen molar-refractivity contribution in [1.82, 2.24) is 0 Å². The van der Waals surface area contributed by atoms with Gasteiger partial charge in [0.25, 0.3) is 0 Å². The van der Waals surface area contributed by atoms with Crippen LogP contribution in [0.4, 0.5) is 0 Å². The summed E-state index contributed by atoms with van der Waals surface area (Å²) < 4.78 is 0. The van der Waals surface area contributed by atoms with Gasteiger partial charge < -0.3 is 0 Å². The summed E-state index contributed by atoms with van der Waals surface area (Å²) in [5.74, 6) is 0.679. The number of hydrogen-bond acceptors (Lipinski definition) is 0.